The number of allylic oxidation sites excluding steroid dienone is 1. The van der Waals surface area contributed by atoms with E-state index >= 15 is 0 Å². The van der Waals surface area contributed by atoms with Crippen molar-refractivity contribution < 1.29 is 27.9 Å². The number of rotatable bonds is 6. The van der Waals surface area contributed by atoms with E-state index in [1.165, 1.54) is 24.3 Å². The van der Waals surface area contributed by atoms with Crippen LogP contribution in [0.15, 0.2) is 54.6 Å². The van der Waals surface area contributed by atoms with E-state index in [0.717, 1.165) is 30.4 Å². The predicted molar refractivity (Wildman–Crippen MR) is 90.9 cm³/mol. The molecule has 2 aromatic carbocycles. The van der Waals surface area contributed by atoms with E-state index in [1.807, 2.05) is 0 Å². The van der Waals surface area contributed by atoms with E-state index in [-0.39, 0.29) is 12.2 Å². The van der Waals surface area contributed by atoms with Crippen LogP contribution >= 0.6 is 0 Å². The van der Waals surface area contributed by atoms with Gasteiger partial charge in [-0.25, -0.2) is 13.6 Å². The zero-order valence-corrected chi connectivity index (χ0v) is 13.8. The maximum atomic E-state index is 13.1. The molecule has 0 heterocycles. The summed E-state index contributed by atoms with van der Waals surface area (Å²) in [4.78, 5) is 35.2. The highest BCUT2D eigenvalue weighted by Gasteiger charge is 2.09. The first kappa shape index (κ1) is 19.0. The van der Waals surface area contributed by atoms with Crippen LogP contribution in [0.1, 0.15) is 27.6 Å². The Morgan fingerprint density at radius 1 is 0.962 bits per heavy atom. The summed E-state index contributed by atoms with van der Waals surface area (Å²) in [5, 5.41) is 2.50. The minimum Gasteiger partial charge on any atom is -0.462 e. The van der Waals surface area contributed by atoms with E-state index in [2.05, 4.69) is 5.32 Å². The molecule has 2 rings (SSSR count). The summed E-state index contributed by atoms with van der Waals surface area (Å²) in [5.74, 6) is -3.91. The topological polar surface area (TPSA) is 72.5 Å². The summed E-state index contributed by atoms with van der Waals surface area (Å²) in [6, 6.07) is 8.71. The van der Waals surface area contributed by atoms with Crippen LogP contribution in [0.4, 0.5) is 14.5 Å². The number of carbonyl (C=O) groups is 3. The van der Waals surface area contributed by atoms with Crippen molar-refractivity contribution in [1.82, 2.24) is 0 Å². The quantitative estimate of drug-likeness (QED) is 0.487. The Kier molecular flexibility index (Phi) is 6.32. The molecule has 0 bridgehead atoms. The van der Waals surface area contributed by atoms with Crippen LogP contribution in [0.5, 0.6) is 0 Å². The number of halogens is 2. The zero-order valence-electron chi connectivity index (χ0n) is 13.8. The number of ketones is 1. The van der Waals surface area contributed by atoms with Gasteiger partial charge in [0, 0.05) is 17.3 Å². The SMILES string of the molecule is CCOC(=O)c1ccc(NC(=O)/C=C/C(=O)c2ccc(F)c(F)c2)cc1. The molecule has 0 aromatic heterocycles. The van der Waals surface area contributed by atoms with Gasteiger partial charge < -0.3 is 10.1 Å². The van der Waals surface area contributed by atoms with Gasteiger partial charge in [0.05, 0.1) is 12.2 Å². The average molecular weight is 359 g/mol. The Morgan fingerprint density at radius 2 is 1.62 bits per heavy atom. The summed E-state index contributed by atoms with van der Waals surface area (Å²) >= 11 is 0. The molecule has 0 radical (unpaired) electrons. The second-order valence-corrected chi connectivity index (χ2v) is 5.11. The molecule has 0 aliphatic heterocycles. The standard InChI is InChI=1S/C19H15F2NO4/c1-2-26-19(25)12-3-6-14(7-4-12)22-18(24)10-9-17(23)13-5-8-15(20)16(21)11-13/h3-11H,2H2,1H3,(H,22,24)/b10-9+. The predicted octanol–water partition coefficient (Wildman–Crippen LogP) is 3.52. The number of hydrogen-bond donors (Lipinski definition) is 1. The number of benzene rings is 2. The number of nitrogens with one attached hydrogen (secondary N) is 1. The van der Waals surface area contributed by atoms with Crippen LogP contribution in [-0.2, 0) is 9.53 Å². The molecule has 0 spiro atoms. The maximum Gasteiger partial charge on any atom is 0.338 e. The van der Waals surface area contributed by atoms with E-state index in [9.17, 15) is 23.2 Å². The van der Waals surface area contributed by atoms with Gasteiger partial charge in [0.1, 0.15) is 0 Å². The first-order chi connectivity index (χ1) is 12.4. The Balaban J connectivity index is 1.97. The Bertz CT molecular complexity index is 860. The smallest absolute Gasteiger partial charge is 0.338 e. The van der Waals surface area contributed by atoms with Crippen LogP contribution in [0, 0.1) is 11.6 Å². The van der Waals surface area contributed by atoms with Gasteiger partial charge in [0.2, 0.25) is 5.91 Å². The lowest BCUT2D eigenvalue weighted by Gasteiger charge is -2.04. The van der Waals surface area contributed by atoms with Gasteiger partial charge in [0.15, 0.2) is 17.4 Å². The lowest BCUT2D eigenvalue weighted by molar-refractivity contribution is -0.111. The molecule has 0 aliphatic carbocycles. The number of esters is 1. The van der Waals surface area contributed by atoms with Crippen molar-refractivity contribution in [3.63, 3.8) is 0 Å². The first-order valence-electron chi connectivity index (χ1n) is 7.66. The summed E-state index contributed by atoms with van der Waals surface area (Å²) in [6.45, 7) is 1.95. The van der Waals surface area contributed by atoms with Crippen LogP contribution in [-0.4, -0.2) is 24.3 Å². The third-order valence-corrected chi connectivity index (χ3v) is 3.25. The molecule has 7 heteroatoms. The highest BCUT2D eigenvalue weighted by molar-refractivity contribution is 6.09. The zero-order chi connectivity index (χ0) is 19.1. The monoisotopic (exact) mass is 359 g/mol. The summed E-state index contributed by atoms with van der Waals surface area (Å²) < 4.78 is 30.8. The minimum absolute atomic E-state index is 0.0771. The lowest BCUT2D eigenvalue weighted by atomic mass is 10.1. The molecule has 0 unspecified atom stereocenters. The Hall–Kier alpha value is -3.35. The third-order valence-electron chi connectivity index (χ3n) is 3.25. The molecule has 0 fully saturated rings. The fourth-order valence-corrected chi connectivity index (χ4v) is 1.98. The molecule has 0 aliphatic rings. The normalized spacial score (nSPS) is 10.6. The molecule has 0 saturated carbocycles. The molecule has 1 N–H and O–H groups in total. The van der Waals surface area contributed by atoms with Crippen LogP contribution in [0.25, 0.3) is 0 Å². The minimum atomic E-state index is -1.14. The summed E-state index contributed by atoms with van der Waals surface area (Å²) in [7, 11) is 0. The fraction of sp³-hybridized carbons (Fsp3) is 0.105. The molecular weight excluding hydrogens is 344 g/mol. The maximum absolute atomic E-state index is 13.1. The van der Waals surface area contributed by atoms with Crippen molar-refractivity contribution >= 4 is 23.3 Å². The lowest BCUT2D eigenvalue weighted by Crippen LogP contribution is -2.09. The van der Waals surface area contributed by atoms with Gasteiger partial charge in [-0.05, 0) is 55.5 Å². The van der Waals surface area contributed by atoms with Gasteiger partial charge in [0.25, 0.3) is 0 Å². The van der Waals surface area contributed by atoms with Gasteiger partial charge in [-0.3, -0.25) is 9.59 Å². The number of hydrogen-bond acceptors (Lipinski definition) is 4. The summed E-state index contributed by atoms with van der Waals surface area (Å²) in [6.07, 6.45) is 1.93. The van der Waals surface area contributed by atoms with Crippen LogP contribution in [0.3, 0.4) is 0 Å². The summed E-state index contributed by atoms with van der Waals surface area (Å²) in [5.41, 5.74) is 0.675. The molecule has 0 atom stereocenters. The molecule has 1 amide bonds. The van der Waals surface area contributed by atoms with Crippen molar-refractivity contribution in [3.8, 4) is 0 Å². The number of carbonyl (C=O) groups excluding carboxylic acids is 3. The van der Waals surface area contributed by atoms with Gasteiger partial charge in [-0.1, -0.05) is 0 Å². The van der Waals surface area contributed by atoms with Crippen molar-refractivity contribution in [2.75, 3.05) is 11.9 Å². The second kappa shape index (κ2) is 8.66. The van der Waals surface area contributed by atoms with E-state index < -0.39 is 29.3 Å². The molecule has 134 valence electrons. The van der Waals surface area contributed by atoms with Crippen molar-refractivity contribution in [2.24, 2.45) is 0 Å². The fourth-order valence-electron chi connectivity index (χ4n) is 1.98. The number of ether oxygens (including phenoxy) is 1. The van der Waals surface area contributed by atoms with Gasteiger partial charge >= 0.3 is 5.97 Å². The Morgan fingerprint density at radius 3 is 2.23 bits per heavy atom. The molecule has 26 heavy (non-hydrogen) atoms. The Labute approximate surface area is 148 Å². The average Bonchev–Trinajstić information content (AvgIpc) is 2.62. The molecule has 0 saturated heterocycles. The van der Waals surface area contributed by atoms with Crippen molar-refractivity contribution in [1.29, 1.82) is 0 Å². The van der Waals surface area contributed by atoms with E-state index in [1.54, 1.807) is 6.92 Å². The van der Waals surface area contributed by atoms with Gasteiger partial charge in [-0.2, -0.15) is 0 Å². The first-order valence-corrected chi connectivity index (χ1v) is 7.66. The number of anilines is 1. The van der Waals surface area contributed by atoms with E-state index in [4.69, 9.17) is 4.74 Å². The second-order valence-electron chi connectivity index (χ2n) is 5.11. The highest BCUT2D eigenvalue weighted by atomic mass is 19.2. The van der Waals surface area contributed by atoms with Crippen molar-refractivity contribution in [3.05, 3.63) is 77.4 Å². The van der Waals surface area contributed by atoms with Crippen molar-refractivity contribution in [2.45, 2.75) is 6.92 Å². The van der Waals surface area contributed by atoms with Crippen LogP contribution < -0.4 is 5.32 Å². The molecular formula is C19H15F2NO4. The highest BCUT2D eigenvalue weighted by Crippen LogP contribution is 2.12. The third kappa shape index (κ3) is 5.07. The van der Waals surface area contributed by atoms with Gasteiger partial charge in [-0.15, -0.1) is 0 Å². The van der Waals surface area contributed by atoms with E-state index in [0.29, 0.717) is 11.3 Å². The molecule has 5 nitrogen and oxygen atoms in total. The molecule has 2 aromatic rings. The number of amides is 1. The van der Waals surface area contributed by atoms with Crippen LogP contribution in [0.2, 0.25) is 0 Å². The largest absolute Gasteiger partial charge is 0.462 e.